The monoisotopic (exact) mass is 264 g/mol. The Bertz CT molecular complexity index is 671. The van der Waals surface area contributed by atoms with E-state index in [2.05, 4.69) is 33.6 Å². The Morgan fingerprint density at radius 3 is 2.55 bits per heavy atom. The van der Waals surface area contributed by atoms with Gasteiger partial charge in [0.25, 0.3) is 0 Å². The van der Waals surface area contributed by atoms with Crippen molar-refractivity contribution < 1.29 is 0 Å². The molecule has 4 heteroatoms. The zero-order chi connectivity index (χ0) is 13.8. The molecule has 0 saturated carbocycles. The first kappa shape index (κ1) is 12.6. The van der Waals surface area contributed by atoms with E-state index >= 15 is 0 Å². The third-order valence-corrected chi connectivity index (χ3v) is 3.11. The lowest BCUT2D eigenvalue weighted by atomic mass is 10.1. The molecule has 0 aliphatic carbocycles. The molecule has 0 amide bonds. The SMILES string of the molecule is CNCc1ccc(-n2cc(-c3ccccc3)cn2)nc1. The summed E-state index contributed by atoms with van der Waals surface area (Å²) in [5.41, 5.74) is 3.41. The maximum Gasteiger partial charge on any atom is 0.153 e. The highest BCUT2D eigenvalue weighted by molar-refractivity contribution is 5.61. The number of benzene rings is 1. The van der Waals surface area contributed by atoms with Crippen LogP contribution in [0.3, 0.4) is 0 Å². The maximum absolute atomic E-state index is 4.44. The van der Waals surface area contributed by atoms with E-state index < -0.39 is 0 Å². The van der Waals surface area contributed by atoms with Gasteiger partial charge in [-0.2, -0.15) is 5.10 Å². The van der Waals surface area contributed by atoms with E-state index in [1.165, 1.54) is 0 Å². The van der Waals surface area contributed by atoms with E-state index in [9.17, 15) is 0 Å². The van der Waals surface area contributed by atoms with E-state index in [0.717, 1.165) is 29.1 Å². The Morgan fingerprint density at radius 1 is 1.00 bits per heavy atom. The third-order valence-electron chi connectivity index (χ3n) is 3.11. The lowest BCUT2D eigenvalue weighted by Crippen LogP contribution is -2.06. The van der Waals surface area contributed by atoms with Gasteiger partial charge in [-0.15, -0.1) is 0 Å². The standard InChI is InChI=1S/C16H16N4/c1-17-9-13-7-8-16(18-10-13)20-12-15(11-19-20)14-5-3-2-4-6-14/h2-8,10-12,17H,9H2,1H3. The molecular formula is C16H16N4. The molecule has 0 aliphatic heterocycles. The molecule has 2 heterocycles. The molecule has 2 aromatic heterocycles. The van der Waals surface area contributed by atoms with Gasteiger partial charge in [0.15, 0.2) is 5.82 Å². The van der Waals surface area contributed by atoms with Crippen LogP contribution >= 0.6 is 0 Å². The van der Waals surface area contributed by atoms with Crippen molar-refractivity contribution in [1.29, 1.82) is 0 Å². The van der Waals surface area contributed by atoms with Crippen LogP contribution in [0.25, 0.3) is 16.9 Å². The lowest BCUT2D eigenvalue weighted by molar-refractivity contribution is 0.802. The minimum Gasteiger partial charge on any atom is -0.316 e. The Hall–Kier alpha value is -2.46. The van der Waals surface area contributed by atoms with Gasteiger partial charge in [-0.3, -0.25) is 0 Å². The topological polar surface area (TPSA) is 42.7 Å². The molecule has 100 valence electrons. The van der Waals surface area contributed by atoms with Crippen LogP contribution in [0.15, 0.2) is 61.1 Å². The first-order chi connectivity index (χ1) is 9.86. The number of rotatable bonds is 4. The summed E-state index contributed by atoms with van der Waals surface area (Å²) in [5.74, 6) is 0.826. The molecule has 3 aromatic rings. The predicted octanol–water partition coefficient (Wildman–Crippen LogP) is 2.65. The predicted molar refractivity (Wildman–Crippen MR) is 79.6 cm³/mol. The van der Waals surface area contributed by atoms with Crippen molar-refractivity contribution in [3.8, 4) is 16.9 Å². The van der Waals surface area contributed by atoms with Gasteiger partial charge in [0.2, 0.25) is 0 Å². The highest BCUT2D eigenvalue weighted by Gasteiger charge is 2.04. The van der Waals surface area contributed by atoms with Crippen LogP contribution in [0.5, 0.6) is 0 Å². The van der Waals surface area contributed by atoms with Crippen LogP contribution in [-0.4, -0.2) is 21.8 Å². The zero-order valence-corrected chi connectivity index (χ0v) is 11.3. The molecule has 0 radical (unpaired) electrons. The highest BCUT2D eigenvalue weighted by atomic mass is 15.3. The van der Waals surface area contributed by atoms with Crippen molar-refractivity contribution in [1.82, 2.24) is 20.1 Å². The van der Waals surface area contributed by atoms with Crippen molar-refractivity contribution in [2.75, 3.05) is 7.05 Å². The highest BCUT2D eigenvalue weighted by Crippen LogP contribution is 2.18. The molecule has 20 heavy (non-hydrogen) atoms. The molecule has 1 aromatic carbocycles. The first-order valence-electron chi connectivity index (χ1n) is 6.57. The summed E-state index contributed by atoms with van der Waals surface area (Å²) < 4.78 is 1.80. The Balaban J connectivity index is 1.86. The van der Waals surface area contributed by atoms with Crippen LogP contribution in [0.4, 0.5) is 0 Å². The van der Waals surface area contributed by atoms with E-state index in [1.807, 2.05) is 49.9 Å². The molecule has 0 unspecified atom stereocenters. The molecule has 0 bridgehead atoms. The smallest absolute Gasteiger partial charge is 0.153 e. The molecule has 0 atom stereocenters. The zero-order valence-electron chi connectivity index (χ0n) is 11.3. The van der Waals surface area contributed by atoms with E-state index in [0.29, 0.717) is 0 Å². The third kappa shape index (κ3) is 2.60. The lowest BCUT2D eigenvalue weighted by Gasteiger charge is -2.02. The molecule has 4 nitrogen and oxygen atoms in total. The summed E-state index contributed by atoms with van der Waals surface area (Å²) in [6, 6.07) is 14.2. The number of aromatic nitrogens is 3. The fourth-order valence-corrected chi connectivity index (χ4v) is 2.09. The second-order valence-corrected chi connectivity index (χ2v) is 4.59. The van der Waals surface area contributed by atoms with Crippen LogP contribution in [-0.2, 0) is 6.54 Å². The van der Waals surface area contributed by atoms with Gasteiger partial charge in [-0.1, -0.05) is 36.4 Å². The summed E-state index contributed by atoms with van der Waals surface area (Å²) in [6.07, 6.45) is 5.73. The average Bonchev–Trinajstić information content (AvgIpc) is 2.99. The van der Waals surface area contributed by atoms with E-state index in [1.54, 1.807) is 4.68 Å². The van der Waals surface area contributed by atoms with Gasteiger partial charge in [0.1, 0.15) is 0 Å². The fourth-order valence-electron chi connectivity index (χ4n) is 2.09. The van der Waals surface area contributed by atoms with Gasteiger partial charge < -0.3 is 5.32 Å². The van der Waals surface area contributed by atoms with Crippen molar-refractivity contribution in [3.63, 3.8) is 0 Å². The summed E-state index contributed by atoms with van der Waals surface area (Å²) in [5, 5.41) is 7.48. The number of hydrogen-bond donors (Lipinski definition) is 1. The minimum atomic E-state index is 0.821. The van der Waals surface area contributed by atoms with Crippen LogP contribution in [0.1, 0.15) is 5.56 Å². The van der Waals surface area contributed by atoms with Crippen molar-refractivity contribution >= 4 is 0 Å². The van der Waals surface area contributed by atoms with Crippen LogP contribution in [0, 0.1) is 0 Å². The molecule has 0 aliphatic rings. The second-order valence-electron chi connectivity index (χ2n) is 4.59. The molecule has 0 saturated heterocycles. The number of nitrogens with one attached hydrogen (secondary N) is 1. The fraction of sp³-hybridized carbons (Fsp3) is 0.125. The summed E-state index contributed by atoms with van der Waals surface area (Å²) in [7, 11) is 1.92. The summed E-state index contributed by atoms with van der Waals surface area (Å²) in [6.45, 7) is 0.821. The first-order valence-corrected chi connectivity index (χ1v) is 6.57. The average molecular weight is 264 g/mol. The van der Waals surface area contributed by atoms with Crippen LogP contribution < -0.4 is 5.32 Å². The minimum absolute atomic E-state index is 0.821. The van der Waals surface area contributed by atoms with Gasteiger partial charge >= 0.3 is 0 Å². The molecular weight excluding hydrogens is 248 g/mol. The van der Waals surface area contributed by atoms with Gasteiger partial charge in [0.05, 0.1) is 6.20 Å². The van der Waals surface area contributed by atoms with Gasteiger partial charge in [-0.25, -0.2) is 9.67 Å². The Labute approximate surface area is 118 Å². The van der Waals surface area contributed by atoms with Crippen molar-refractivity contribution in [2.24, 2.45) is 0 Å². The quantitative estimate of drug-likeness (QED) is 0.787. The van der Waals surface area contributed by atoms with Crippen molar-refractivity contribution in [3.05, 3.63) is 66.6 Å². The molecule has 0 fully saturated rings. The molecule has 0 spiro atoms. The van der Waals surface area contributed by atoms with Crippen LogP contribution in [0.2, 0.25) is 0 Å². The Kier molecular flexibility index (Phi) is 3.56. The largest absolute Gasteiger partial charge is 0.316 e. The summed E-state index contributed by atoms with van der Waals surface area (Å²) >= 11 is 0. The second kappa shape index (κ2) is 5.67. The molecule has 3 rings (SSSR count). The van der Waals surface area contributed by atoms with Gasteiger partial charge in [-0.05, 0) is 24.2 Å². The molecule has 1 N–H and O–H groups in total. The van der Waals surface area contributed by atoms with Gasteiger partial charge in [0, 0.05) is 24.5 Å². The van der Waals surface area contributed by atoms with E-state index in [-0.39, 0.29) is 0 Å². The number of nitrogens with zero attached hydrogens (tertiary/aromatic N) is 3. The summed E-state index contributed by atoms with van der Waals surface area (Å²) in [4.78, 5) is 4.44. The number of hydrogen-bond acceptors (Lipinski definition) is 3. The Morgan fingerprint density at radius 2 is 1.85 bits per heavy atom. The number of pyridine rings is 1. The van der Waals surface area contributed by atoms with Crippen molar-refractivity contribution in [2.45, 2.75) is 6.54 Å². The normalized spacial score (nSPS) is 10.7. The maximum atomic E-state index is 4.44. The van der Waals surface area contributed by atoms with E-state index in [4.69, 9.17) is 0 Å².